The second-order valence-electron chi connectivity index (χ2n) is 6.52. The van der Waals surface area contributed by atoms with Gasteiger partial charge in [0.15, 0.2) is 0 Å². The molecule has 0 saturated heterocycles. The van der Waals surface area contributed by atoms with Gasteiger partial charge in [-0.1, -0.05) is 32.4 Å². The lowest BCUT2D eigenvalue weighted by atomic mass is 9.71. The Labute approximate surface area is 115 Å². The standard InChI is InChI=1S/C16H25FN2/c1-16(2)10-4-5-14(15(16)18)19(3)11-12-6-8-13(17)9-7-12/h6-9,14-15H,4-5,10-11,18H2,1-3H3. The zero-order valence-corrected chi connectivity index (χ0v) is 12.2. The van der Waals surface area contributed by atoms with E-state index in [-0.39, 0.29) is 17.3 Å². The van der Waals surface area contributed by atoms with E-state index in [2.05, 4.69) is 25.8 Å². The van der Waals surface area contributed by atoms with Crippen molar-refractivity contribution in [2.45, 2.75) is 51.7 Å². The van der Waals surface area contributed by atoms with Crippen LogP contribution in [0.2, 0.25) is 0 Å². The molecule has 0 bridgehead atoms. The van der Waals surface area contributed by atoms with E-state index in [1.165, 1.54) is 25.0 Å². The zero-order chi connectivity index (χ0) is 14.0. The lowest BCUT2D eigenvalue weighted by Gasteiger charge is -2.45. The molecule has 0 aliphatic heterocycles. The number of benzene rings is 1. The first-order chi connectivity index (χ1) is 8.90. The largest absolute Gasteiger partial charge is 0.326 e. The van der Waals surface area contributed by atoms with Crippen LogP contribution in [-0.4, -0.2) is 24.0 Å². The quantitative estimate of drug-likeness (QED) is 0.908. The monoisotopic (exact) mass is 264 g/mol. The summed E-state index contributed by atoms with van der Waals surface area (Å²) < 4.78 is 12.9. The van der Waals surface area contributed by atoms with E-state index < -0.39 is 0 Å². The summed E-state index contributed by atoms with van der Waals surface area (Å²) >= 11 is 0. The maximum atomic E-state index is 12.9. The van der Waals surface area contributed by atoms with Gasteiger partial charge in [0.05, 0.1) is 0 Å². The van der Waals surface area contributed by atoms with E-state index in [9.17, 15) is 4.39 Å². The molecule has 2 unspecified atom stereocenters. The molecule has 3 heteroatoms. The first kappa shape index (κ1) is 14.5. The summed E-state index contributed by atoms with van der Waals surface area (Å²) in [4.78, 5) is 2.32. The summed E-state index contributed by atoms with van der Waals surface area (Å²) in [5, 5.41) is 0. The smallest absolute Gasteiger partial charge is 0.123 e. The second-order valence-corrected chi connectivity index (χ2v) is 6.52. The first-order valence-corrected chi connectivity index (χ1v) is 7.10. The van der Waals surface area contributed by atoms with Gasteiger partial charge in [-0.05, 0) is 43.0 Å². The van der Waals surface area contributed by atoms with Gasteiger partial charge in [0.25, 0.3) is 0 Å². The number of hydrogen-bond acceptors (Lipinski definition) is 2. The van der Waals surface area contributed by atoms with E-state index in [1.807, 2.05) is 12.1 Å². The summed E-state index contributed by atoms with van der Waals surface area (Å²) in [6, 6.07) is 7.36. The minimum atomic E-state index is -0.179. The summed E-state index contributed by atoms with van der Waals surface area (Å²) in [6.45, 7) is 5.35. The second kappa shape index (κ2) is 5.59. The predicted octanol–water partition coefficient (Wildman–Crippen LogP) is 3.16. The fourth-order valence-electron chi connectivity index (χ4n) is 3.12. The Morgan fingerprint density at radius 3 is 2.58 bits per heavy atom. The van der Waals surface area contributed by atoms with Crippen LogP contribution in [0.25, 0.3) is 0 Å². The highest BCUT2D eigenvalue weighted by Crippen LogP contribution is 2.36. The van der Waals surface area contributed by atoms with Crippen molar-refractivity contribution in [1.82, 2.24) is 4.90 Å². The Morgan fingerprint density at radius 2 is 1.95 bits per heavy atom. The summed E-state index contributed by atoms with van der Waals surface area (Å²) in [7, 11) is 2.12. The Hall–Kier alpha value is -0.930. The molecule has 2 atom stereocenters. The molecule has 1 fully saturated rings. The van der Waals surface area contributed by atoms with Crippen molar-refractivity contribution in [3.8, 4) is 0 Å². The van der Waals surface area contributed by atoms with Gasteiger partial charge in [-0.25, -0.2) is 4.39 Å². The Kier molecular flexibility index (Phi) is 4.26. The van der Waals surface area contributed by atoms with Crippen molar-refractivity contribution in [2.24, 2.45) is 11.1 Å². The molecule has 1 aromatic rings. The number of nitrogens with zero attached hydrogens (tertiary/aromatic N) is 1. The van der Waals surface area contributed by atoms with Crippen LogP contribution in [-0.2, 0) is 6.54 Å². The molecule has 19 heavy (non-hydrogen) atoms. The van der Waals surface area contributed by atoms with Crippen LogP contribution in [0.15, 0.2) is 24.3 Å². The van der Waals surface area contributed by atoms with E-state index >= 15 is 0 Å². The molecule has 2 rings (SSSR count). The van der Waals surface area contributed by atoms with Gasteiger partial charge < -0.3 is 5.73 Å². The molecular formula is C16H25FN2. The first-order valence-electron chi connectivity index (χ1n) is 7.10. The summed E-state index contributed by atoms with van der Waals surface area (Å²) in [6.07, 6.45) is 3.59. The van der Waals surface area contributed by atoms with Crippen LogP contribution < -0.4 is 5.73 Å². The van der Waals surface area contributed by atoms with Gasteiger partial charge in [-0.15, -0.1) is 0 Å². The minimum absolute atomic E-state index is 0.179. The van der Waals surface area contributed by atoms with Crippen molar-refractivity contribution in [3.63, 3.8) is 0 Å². The van der Waals surface area contributed by atoms with Crippen molar-refractivity contribution in [2.75, 3.05) is 7.05 Å². The van der Waals surface area contributed by atoms with Crippen molar-refractivity contribution < 1.29 is 4.39 Å². The van der Waals surface area contributed by atoms with Crippen LogP contribution in [0.3, 0.4) is 0 Å². The molecule has 1 aromatic carbocycles. The molecule has 106 valence electrons. The highest BCUT2D eigenvalue weighted by molar-refractivity contribution is 5.16. The lowest BCUT2D eigenvalue weighted by Crippen LogP contribution is -2.55. The van der Waals surface area contributed by atoms with E-state index in [0.717, 1.165) is 18.5 Å². The molecule has 1 aliphatic carbocycles. The SMILES string of the molecule is CN(Cc1ccc(F)cc1)C1CCCC(C)(C)C1N. The van der Waals surface area contributed by atoms with Crippen molar-refractivity contribution in [3.05, 3.63) is 35.6 Å². The maximum Gasteiger partial charge on any atom is 0.123 e. The topological polar surface area (TPSA) is 29.3 Å². The maximum absolute atomic E-state index is 12.9. The third-order valence-electron chi connectivity index (χ3n) is 4.55. The van der Waals surface area contributed by atoms with Crippen LogP contribution in [0.1, 0.15) is 38.7 Å². The average Bonchev–Trinajstić information content (AvgIpc) is 2.35. The molecule has 0 radical (unpaired) electrons. The third kappa shape index (κ3) is 3.34. The highest BCUT2D eigenvalue weighted by atomic mass is 19.1. The molecule has 0 heterocycles. The van der Waals surface area contributed by atoms with E-state index in [1.54, 1.807) is 0 Å². The molecule has 1 aliphatic rings. The fourth-order valence-corrected chi connectivity index (χ4v) is 3.12. The van der Waals surface area contributed by atoms with Gasteiger partial charge in [0.1, 0.15) is 5.82 Å². The zero-order valence-electron chi connectivity index (χ0n) is 12.2. The molecular weight excluding hydrogens is 239 g/mol. The summed E-state index contributed by atoms with van der Waals surface area (Å²) in [5.74, 6) is -0.179. The number of likely N-dealkylation sites (N-methyl/N-ethyl adjacent to an activating group) is 1. The Morgan fingerprint density at radius 1 is 1.32 bits per heavy atom. The average molecular weight is 264 g/mol. The fraction of sp³-hybridized carbons (Fsp3) is 0.625. The molecule has 0 spiro atoms. The van der Waals surface area contributed by atoms with Gasteiger partial charge in [0.2, 0.25) is 0 Å². The number of nitrogens with two attached hydrogens (primary N) is 1. The molecule has 2 N–H and O–H groups in total. The normalized spacial score (nSPS) is 26.6. The van der Waals surface area contributed by atoms with Crippen LogP contribution in [0.5, 0.6) is 0 Å². The third-order valence-corrected chi connectivity index (χ3v) is 4.55. The Bertz CT molecular complexity index is 413. The van der Waals surface area contributed by atoms with E-state index in [0.29, 0.717) is 6.04 Å². The minimum Gasteiger partial charge on any atom is -0.326 e. The van der Waals surface area contributed by atoms with Gasteiger partial charge in [-0.2, -0.15) is 0 Å². The Balaban J connectivity index is 2.03. The van der Waals surface area contributed by atoms with Crippen LogP contribution in [0, 0.1) is 11.2 Å². The van der Waals surface area contributed by atoms with Gasteiger partial charge in [-0.3, -0.25) is 4.90 Å². The molecule has 1 saturated carbocycles. The summed E-state index contributed by atoms with van der Waals surface area (Å²) in [5.41, 5.74) is 7.78. The van der Waals surface area contributed by atoms with Crippen LogP contribution >= 0.6 is 0 Å². The van der Waals surface area contributed by atoms with Crippen molar-refractivity contribution >= 4 is 0 Å². The number of hydrogen-bond donors (Lipinski definition) is 1. The highest BCUT2D eigenvalue weighted by Gasteiger charge is 2.38. The molecule has 0 aromatic heterocycles. The number of rotatable bonds is 3. The lowest BCUT2D eigenvalue weighted by molar-refractivity contribution is 0.0805. The van der Waals surface area contributed by atoms with E-state index in [4.69, 9.17) is 5.73 Å². The predicted molar refractivity (Wildman–Crippen MR) is 77.3 cm³/mol. The van der Waals surface area contributed by atoms with Crippen LogP contribution in [0.4, 0.5) is 4.39 Å². The van der Waals surface area contributed by atoms with Gasteiger partial charge >= 0.3 is 0 Å². The molecule has 2 nitrogen and oxygen atoms in total. The van der Waals surface area contributed by atoms with Crippen molar-refractivity contribution in [1.29, 1.82) is 0 Å². The molecule has 0 amide bonds. The number of halogens is 1. The van der Waals surface area contributed by atoms with Gasteiger partial charge in [0, 0.05) is 18.6 Å².